The molecular formula is C20H25NO5. The molecule has 0 fully saturated rings. The molecule has 0 aliphatic rings. The van der Waals surface area contributed by atoms with Crippen molar-refractivity contribution in [1.82, 2.24) is 4.90 Å². The van der Waals surface area contributed by atoms with E-state index >= 15 is 0 Å². The second-order valence-corrected chi connectivity index (χ2v) is 6.29. The third kappa shape index (κ3) is 4.88. The molecule has 1 amide bonds. The van der Waals surface area contributed by atoms with Gasteiger partial charge in [0.15, 0.2) is 0 Å². The molecule has 0 bridgehead atoms. The molecule has 0 saturated heterocycles. The number of esters is 1. The molecule has 0 unspecified atom stereocenters. The molecule has 0 N–H and O–H groups in total. The highest BCUT2D eigenvalue weighted by molar-refractivity contribution is 5.90. The molecule has 1 aromatic carbocycles. The molecule has 0 aliphatic carbocycles. The van der Waals surface area contributed by atoms with Crippen molar-refractivity contribution >= 4 is 11.9 Å². The van der Waals surface area contributed by atoms with Gasteiger partial charge in [0.05, 0.1) is 26.7 Å². The van der Waals surface area contributed by atoms with Crippen molar-refractivity contribution < 1.29 is 23.5 Å². The summed E-state index contributed by atoms with van der Waals surface area (Å²) < 4.78 is 16.0. The Labute approximate surface area is 153 Å². The molecule has 0 atom stereocenters. The Hall–Kier alpha value is -2.76. The standard InChI is InChI=1S/C20H25NO5/c1-13-6-7-14(2)18(10-13)25-9-8-19(22)21(4)12-16-11-17(15(3)26-16)20(23)24-5/h6-7,10-11H,8-9,12H2,1-5H3. The first-order chi connectivity index (χ1) is 12.3. The van der Waals surface area contributed by atoms with Crippen molar-refractivity contribution in [3.8, 4) is 5.75 Å². The summed E-state index contributed by atoms with van der Waals surface area (Å²) in [5.74, 6) is 1.29. The van der Waals surface area contributed by atoms with Crippen LogP contribution >= 0.6 is 0 Å². The van der Waals surface area contributed by atoms with E-state index in [0.29, 0.717) is 23.7 Å². The fourth-order valence-electron chi connectivity index (χ4n) is 2.56. The van der Waals surface area contributed by atoms with Crippen LogP contribution in [0.2, 0.25) is 0 Å². The van der Waals surface area contributed by atoms with Crippen molar-refractivity contribution in [2.24, 2.45) is 0 Å². The molecule has 2 rings (SSSR count). The quantitative estimate of drug-likeness (QED) is 0.709. The lowest BCUT2D eigenvalue weighted by Crippen LogP contribution is -2.27. The average molecular weight is 359 g/mol. The van der Waals surface area contributed by atoms with E-state index in [0.717, 1.165) is 16.9 Å². The fraction of sp³-hybridized carbons (Fsp3) is 0.400. The predicted octanol–water partition coefficient (Wildman–Crippen LogP) is 3.42. The van der Waals surface area contributed by atoms with Crippen molar-refractivity contribution in [2.75, 3.05) is 20.8 Å². The summed E-state index contributed by atoms with van der Waals surface area (Å²) >= 11 is 0. The van der Waals surface area contributed by atoms with E-state index in [1.165, 1.54) is 7.11 Å². The van der Waals surface area contributed by atoms with Crippen molar-refractivity contribution in [3.05, 3.63) is 52.5 Å². The van der Waals surface area contributed by atoms with Gasteiger partial charge in [0.25, 0.3) is 0 Å². The van der Waals surface area contributed by atoms with Crippen molar-refractivity contribution in [2.45, 2.75) is 33.7 Å². The van der Waals surface area contributed by atoms with E-state index < -0.39 is 5.97 Å². The molecule has 6 heteroatoms. The Morgan fingerprint density at radius 2 is 1.88 bits per heavy atom. The van der Waals surface area contributed by atoms with E-state index in [9.17, 15) is 9.59 Å². The number of nitrogens with zero attached hydrogens (tertiary/aromatic N) is 1. The molecule has 140 valence electrons. The minimum Gasteiger partial charge on any atom is -0.493 e. The number of amides is 1. The molecule has 6 nitrogen and oxygen atoms in total. The molecular weight excluding hydrogens is 334 g/mol. The number of hydrogen-bond donors (Lipinski definition) is 0. The van der Waals surface area contributed by atoms with E-state index in [1.54, 1.807) is 24.9 Å². The van der Waals surface area contributed by atoms with Crippen LogP contribution in [-0.2, 0) is 16.1 Å². The first-order valence-electron chi connectivity index (χ1n) is 8.43. The number of carbonyl (C=O) groups is 2. The number of benzene rings is 1. The molecule has 0 saturated carbocycles. The van der Waals surface area contributed by atoms with Gasteiger partial charge < -0.3 is 18.8 Å². The third-order valence-corrected chi connectivity index (χ3v) is 4.11. The minimum absolute atomic E-state index is 0.0658. The third-order valence-electron chi connectivity index (χ3n) is 4.11. The summed E-state index contributed by atoms with van der Waals surface area (Å²) in [6.07, 6.45) is 0.257. The van der Waals surface area contributed by atoms with Gasteiger partial charge in [-0.25, -0.2) is 4.79 Å². The van der Waals surface area contributed by atoms with Crippen LogP contribution in [0.1, 0.15) is 39.4 Å². The zero-order valence-corrected chi connectivity index (χ0v) is 15.9. The average Bonchev–Trinajstić information content (AvgIpc) is 2.97. The van der Waals surface area contributed by atoms with E-state index in [-0.39, 0.29) is 18.9 Å². The Kier molecular flexibility index (Phi) is 6.44. The number of ether oxygens (including phenoxy) is 2. The fourth-order valence-corrected chi connectivity index (χ4v) is 2.56. The zero-order valence-electron chi connectivity index (χ0n) is 15.9. The lowest BCUT2D eigenvalue weighted by Gasteiger charge is -2.16. The number of carbonyl (C=O) groups excluding carboxylic acids is 2. The highest BCUT2D eigenvalue weighted by Crippen LogP contribution is 2.20. The maximum atomic E-state index is 12.3. The van der Waals surface area contributed by atoms with Gasteiger partial charge in [0.1, 0.15) is 22.8 Å². The van der Waals surface area contributed by atoms with Gasteiger partial charge >= 0.3 is 5.97 Å². The van der Waals surface area contributed by atoms with Crippen LogP contribution in [0, 0.1) is 20.8 Å². The van der Waals surface area contributed by atoms with Gasteiger partial charge in [-0.15, -0.1) is 0 Å². The van der Waals surface area contributed by atoms with Crippen LogP contribution in [0.3, 0.4) is 0 Å². The van der Waals surface area contributed by atoms with Gasteiger partial charge in [-0.05, 0) is 44.0 Å². The van der Waals surface area contributed by atoms with Crippen molar-refractivity contribution in [1.29, 1.82) is 0 Å². The van der Waals surface area contributed by atoms with Crippen LogP contribution in [-0.4, -0.2) is 37.5 Å². The summed E-state index contributed by atoms with van der Waals surface area (Å²) in [7, 11) is 3.01. The summed E-state index contributed by atoms with van der Waals surface area (Å²) in [6, 6.07) is 7.59. The molecule has 1 aromatic heterocycles. The zero-order chi connectivity index (χ0) is 19.3. The summed E-state index contributed by atoms with van der Waals surface area (Å²) in [4.78, 5) is 25.4. The number of hydrogen-bond acceptors (Lipinski definition) is 5. The van der Waals surface area contributed by atoms with Crippen LogP contribution in [0.5, 0.6) is 5.75 Å². The van der Waals surface area contributed by atoms with Crippen LogP contribution in [0.4, 0.5) is 0 Å². The molecule has 1 heterocycles. The number of rotatable bonds is 7. The smallest absolute Gasteiger partial charge is 0.341 e. The topological polar surface area (TPSA) is 69.0 Å². The first kappa shape index (κ1) is 19.6. The van der Waals surface area contributed by atoms with E-state index in [4.69, 9.17) is 13.9 Å². The first-order valence-corrected chi connectivity index (χ1v) is 8.43. The monoisotopic (exact) mass is 359 g/mol. The van der Waals surface area contributed by atoms with Gasteiger partial charge in [0, 0.05) is 7.05 Å². The lowest BCUT2D eigenvalue weighted by molar-refractivity contribution is -0.131. The number of furan rings is 1. The summed E-state index contributed by atoms with van der Waals surface area (Å²) in [5.41, 5.74) is 2.53. The Balaban J connectivity index is 1.88. The van der Waals surface area contributed by atoms with Crippen LogP contribution in [0.15, 0.2) is 28.7 Å². The molecule has 2 aromatic rings. The lowest BCUT2D eigenvalue weighted by atomic mass is 10.1. The highest BCUT2D eigenvalue weighted by atomic mass is 16.5. The molecule has 26 heavy (non-hydrogen) atoms. The Bertz CT molecular complexity index is 793. The maximum Gasteiger partial charge on any atom is 0.341 e. The van der Waals surface area contributed by atoms with Gasteiger partial charge in [0.2, 0.25) is 5.91 Å². The minimum atomic E-state index is -0.451. The second-order valence-electron chi connectivity index (χ2n) is 6.29. The van der Waals surface area contributed by atoms with Gasteiger partial charge in [-0.1, -0.05) is 12.1 Å². The Morgan fingerprint density at radius 1 is 1.15 bits per heavy atom. The number of aryl methyl sites for hydroxylation is 3. The molecule has 0 spiro atoms. The Morgan fingerprint density at radius 3 is 2.58 bits per heavy atom. The highest BCUT2D eigenvalue weighted by Gasteiger charge is 2.18. The SMILES string of the molecule is COC(=O)c1cc(CN(C)C(=O)CCOc2cc(C)ccc2C)oc1C. The van der Waals surface area contributed by atoms with Crippen molar-refractivity contribution in [3.63, 3.8) is 0 Å². The maximum absolute atomic E-state index is 12.3. The molecule has 0 radical (unpaired) electrons. The van der Waals surface area contributed by atoms with Crippen LogP contribution in [0.25, 0.3) is 0 Å². The van der Waals surface area contributed by atoms with Crippen LogP contribution < -0.4 is 4.74 Å². The number of methoxy groups -OCH3 is 1. The predicted molar refractivity (Wildman–Crippen MR) is 97.3 cm³/mol. The second kappa shape index (κ2) is 8.56. The normalized spacial score (nSPS) is 10.5. The summed E-state index contributed by atoms with van der Waals surface area (Å²) in [6.45, 7) is 6.24. The molecule has 0 aliphatic heterocycles. The summed E-state index contributed by atoms with van der Waals surface area (Å²) in [5, 5.41) is 0. The van der Waals surface area contributed by atoms with E-state index in [2.05, 4.69) is 0 Å². The van der Waals surface area contributed by atoms with E-state index in [1.807, 2.05) is 32.0 Å². The van der Waals surface area contributed by atoms with Gasteiger partial charge in [-0.2, -0.15) is 0 Å². The van der Waals surface area contributed by atoms with Gasteiger partial charge in [-0.3, -0.25) is 4.79 Å². The largest absolute Gasteiger partial charge is 0.493 e.